The number of hydrogen-bond acceptors (Lipinski definition) is 15. The Hall–Kier alpha value is -2.46. The van der Waals surface area contributed by atoms with Crippen molar-refractivity contribution in [2.75, 3.05) is 39.6 Å². The van der Waals surface area contributed by atoms with Gasteiger partial charge in [0.05, 0.1) is 26.4 Å². The summed E-state index contributed by atoms with van der Waals surface area (Å²) in [5.41, 5.74) is 0. The van der Waals surface area contributed by atoms with Gasteiger partial charge in [-0.25, -0.2) is 9.13 Å². The molecule has 0 rings (SSSR count). The molecule has 0 aliphatic carbocycles. The van der Waals surface area contributed by atoms with Crippen LogP contribution in [-0.2, 0) is 65.4 Å². The topological polar surface area (TPSA) is 237 Å². The van der Waals surface area contributed by atoms with Gasteiger partial charge in [-0.05, 0) is 69.1 Å². The Morgan fingerprint density at radius 3 is 0.908 bits per heavy atom. The zero-order valence-corrected chi connectivity index (χ0v) is 65.5. The zero-order chi connectivity index (χ0) is 72.3. The molecule has 0 radical (unpaired) electrons. The van der Waals surface area contributed by atoms with E-state index in [1.165, 1.54) is 173 Å². The van der Waals surface area contributed by atoms with Crippen LogP contribution in [0.3, 0.4) is 0 Å². The minimum absolute atomic E-state index is 0.0840. The van der Waals surface area contributed by atoms with Crippen molar-refractivity contribution in [3.8, 4) is 0 Å². The van der Waals surface area contributed by atoms with Crippen LogP contribution in [-0.4, -0.2) is 96.7 Å². The van der Waals surface area contributed by atoms with Gasteiger partial charge in [-0.15, -0.1) is 0 Å². The van der Waals surface area contributed by atoms with E-state index >= 15 is 0 Å². The van der Waals surface area contributed by atoms with E-state index in [2.05, 4.69) is 72.8 Å². The van der Waals surface area contributed by atoms with Crippen LogP contribution < -0.4 is 0 Å². The van der Waals surface area contributed by atoms with Crippen molar-refractivity contribution in [3.05, 3.63) is 24.3 Å². The third-order valence-corrected chi connectivity index (χ3v) is 20.0. The van der Waals surface area contributed by atoms with Crippen molar-refractivity contribution in [3.63, 3.8) is 0 Å². The first-order chi connectivity index (χ1) is 47.3. The highest BCUT2D eigenvalue weighted by Crippen LogP contribution is 2.45. The van der Waals surface area contributed by atoms with E-state index in [0.29, 0.717) is 31.6 Å². The molecule has 0 heterocycles. The molecule has 4 unspecified atom stereocenters. The van der Waals surface area contributed by atoms with Crippen LogP contribution in [0.2, 0.25) is 0 Å². The second-order valence-electron chi connectivity index (χ2n) is 29.0. The van der Waals surface area contributed by atoms with E-state index < -0.39 is 97.5 Å². The number of carbonyl (C=O) groups excluding carboxylic acids is 4. The Balaban J connectivity index is 5.21. The third-order valence-electron chi connectivity index (χ3n) is 18.1. The van der Waals surface area contributed by atoms with Gasteiger partial charge in [-0.1, -0.05) is 330 Å². The maximum Gasteiger partial charge on any atom is 0.472 e. The summed E-state index contributed by atoms with van der Waals surface area (Å²) in [6.45, 7) is 11.8. The molecule has 0 spiro atoms. The first-order valence-corrected chi connectivity index (χ1v) is 43.2. The molecule has 0 saturated heterocycles. The van der Waals surface area contributed by atoms with E-state index in [4.69, 9.17) is 37.0 Å². The average molecular weight is 1430 g/mol. The Morgan fingerprint density at radius 2 is 0.602 bits per heavy atom. The lowest BCUT2D eigenvalue weighted by Crippen LogP contribution is -2.30. The summed E-state index contributed by atoms with van der Waals surface area (Å²) in [5, 5.41) is 10.6. The minimum Gasteiger partial charge on any atom is -0.462 e. The van der Waals surface area contributed by atoms with Gasteiger partial charge in [0.1, 0.15) is 19.3 Å². The van der Waals surface area contributed by atoms with E-state index in [1.807, 2.05) is 0 Å². The number of esters is 4. The van der Waals surface area contributed by atoms with Crippen molar-refractivity contribution in [1.29, 1.82) is 0 Å². The standard InChI is InChI=1S/C79H150O17P2/c1-8-10-11-12-13-14-15-16-21-25-28-31-40-48-55-62-79(84)96-75(67-90-77(82)61-54-47-42-35-37-44-51-58-71(5)6)69-94-98(87,88)92-65-73(80)64-91-97(85,86)93-68-74(66-89-76(81)60-53-46-39-34-33-36-43-50-57-70(3)4)95-78(83)63-56-49-41-32-29-26-23-20-18-17-19-22-24-27-30-38-45-52-59-72(7)9-2/h14-16,21,70-75,80H,8-13,17-20,22-69H2,1-7H3,(H,85,86)(H,87,88)/b15-14-,21-16-/t72?,73?,74-,75-/m1/s1. The summed E-state index contributed by atoms with van der Waals surface area (Å²) < 4.78 is 68.5. The fraction of sp³-hybridized carbons (Fsp3) is 0.899. The van der Waals surface area contributed by atoms with Crippen molar-refractivity contribution in [2.24, 2.45) is 17.8 Å². The molecule has 0 aliphatic heterocycles. The normalized spacial score (nSPS) is 14.4. The van der Waals surface area contributed by atoms with Crippen molar-refractivity contribution in [2.45, 2.75) is 401 Å². The maximum absolute atomic E-state index is 13.1. The lowest BCUT2D eigenvalue weighted by atomic mass is 9.99. The van der Waals surface area contributed by atoms with Gasteiger partial charge in [0.25, 0.3) is 0 Å². The van der Waals surface area contributed by atoms with E-state index in [9.17, 15) is 43.2 Å². The van der Waals surface area contributed by atoms with Gasteiger partial charge in [0.2, 0.25) is 0 Å². The quantitative estimate of drug-likeness (QED) is 0.0169. The molecule has 0 aromatic rings. The highest BCUT2D eigenvalue weighted by atomic mass is 31.2. The average Bonchev–Trinajstić information content (AvgIpc) is 1.02. The smallest absolute Gasteiger partial charge is 0.462 e. The number of aliphatic hydroxyl groups excluding tert-OH is 1. The van der Waals surface area contributed by atoms with E-state index in [1.54, 1.807) is 0 Å². The SMILES string of the molecule is CCCCCC/C=C\C=C/CCCCCCCC(=O)O[C@H](COC(=O)CCCCCCCCCC(C)C)COP(=O)(O)OCC(O)COP(=O)(O)OC[C@@H](COC(=O)CCCCCCCCCCC(C)C)OC(=O)CCCCCCCCCCCCCCCCCCCCC(C)CC. The van der Waals surface area contributed by atoms with Gasteiger partial charge in [0.15, 0.2) is 12.2 Å². The van der Waals surface area contributed by atoms with Gasteiger partial charge in [0, 0.05) is 25.7 Å². The third kappa shape index (κ3) is 70.6. The Morgan fingerprint density at radius 1 is 0.337 bits per heavy atom. The van der Waals surface area contributed by atoms with Crippen LogP contribution in [0.4, 0.5) is 0 Å². The fourth-order valence-corrected chi connectivity index (χ4v) is 13.1. The molecule has 98 heavy (non-hydrogen) atoms. The molecular weight excluding hydrogens is 1280 g/mol. The number of hydrogen-bond donors (Lipinski definition) is 3. The van der Waals surface area contributed by atoms with Crippen LogP contribution in [0.1, 0.15) is 382 Å². The number of ether oxygens (including phenoxy) is 4. The van der Waals surface area contributed by atoms with Gasteiger partial charge in [-0.3, -0.25) is 37.3 Å². The number of allylic oxidation sites excluding steroid dienone is 4. The number of phosphoric acid groups is 2. The predicted molar refractivity (Wildman–Crippen MR) is 400 cm³/mol. The Labute approximate surface area is 599 Å². The number of phosphoric ester groups is 2. The summed E-state index contributed by atoms with van der Waals surface area (Å²) in [6.07, 6.45) is 59.3. The zero-order valence-electron chi connectivity index (χ0n) is 63.7. The van der Waals surface area contributed by atoms with E-state index in [0.717, 1.165) is 121 Å². The molecule has 0 aromatic carbocycles. The molecule has 3 N–H and O–H groups in total. The van der Waals surface area contributed by atoms with Crippen molar-refractivity contribution >= 4 is 39.5 Å². The molecule has 6 atom stereocenters. The monoisotopic (exact) mass is 1430 g/mol. The number of carbonyl (C=O) groups is 4. The first kappa shape index (κ1) is 95.5. The molecule has 0 bridgehead atoms. The lowest BCUT2D eigenvalue weighted by molar-refractivity contribution is -0.161. The molecule has 0 saturated carbocycles. The Bertz CT molecular complexity index is 2000. The molecule has 0 aromatic heterocycles. The molecule has 0 aliphatic rings. The minimum atomic E-state index is -4.96. The van der Waals surface area contributed by atoms with Gasteiger partial charge < -0.3 is 33.8 Å². The maximum atomic E-state index is 13.1. The number of unbranched alkanes of at least 4 members (excludes halogenated alkanes) is 39. The van der Waals surface area contributed by atoms with Crippen LogP contribution in [0.25, 0.3) is 0 Å². The molecule has 0 amide bonds. The van der Waals surface area contributed by atoms with Crippen LogP contribution >= 0.6 is 15.6 Å². The number of rotatable bonds is 75. The molecule has 578 valence electrons. The summed E-state index contributed by atoms with van der Waals surface area (Å²) >= 11 is 0. The highest BCUT2D eigenvalue weighted by molar-refractivity contribution is 7.47. The van der Waals surface area contributed by atoms with Crippen LogP contribution in [0, 0.1) is 17.8 Å². The van der Waals surface area contributed by atoms with E-state index in [-0.39, 0.29) is 25.7 Å². The summed E-state index contributed by atoms with van der Waals surface area (Å²) in [6, 6.07) is 0. The van der Waals surface area contributed by atoms with Gasteiger partial charge in [-0.2, -0.15) is 0 Å². The molecular formula is C79H150O17P2. The highest BCUT2D eigenvalue weighted by Gasteiger charge is 2.30. The summed E-state index contributed by atoms with van der Waals surface area (Å²) in [4.78, 5) is 72.8. The largest absolute Gasteiger partial charge is 0.472 e. The van der Waals surface area contributed by atoms with Crippen molar-refractivity contribution in [1.82, 2.24) is 0 Å². The number of aliphatic hydroxyl groups is 1. The second-order valence-corrected chi connectivity index (χ2v) is 31.9. The van der Waals surface area contributed by atoms with Crippen LogP contribution in [0.5, 0.6) is 0 Å². The first-order valence-electron chi connectivity index (χ1n) is 40.2. The molecule has 0 fully saturated rings. The van der Waals surface area contributed by atoms with Crippen molar-refractivity contribution < 1.29 is 80.2 Å². The predicted octanol–water partition coefficient (Wildman–Crippen LogP) is 22.9. The van der Waals surface area contributed by atoms with Gasteiger partial charge >= 0.3 is 39.5 Å². The Kier molecular flexibility index (Phi) is 67.2. The lowest BCUT2D eigenvalue weighted by Gasteiger charge is -2.21. The molecule has 17 nitrogen and oxygen atoms in total. The summed E-state index contributed by atoms with van der Waals surface area (Å²) in [5.74, 6) is 0.149. The van der Waals surface area contributed by atoms with Crippen LogP contribution in [0.15, 0.2) is 24.3 Å². The fourth-order valence-electron chi connectivity index (χ4n) is 11.6. The second kappa shape index (κ2) is 68.9. The summed E-state index contributed by atoms with van der Waals surface area (Å²) in [7, 11) is -9.93. The molecule has 19 heteroatoms.